The van der Waals surface area contributed by atoms with Crippen molar-refractivity contribution >= 4 is 108 Å². The minimum absolute atomic E-state index is 0.00505. The Morgan fingerprint density at radius 3 is 1.31 bits per heavy atom. The number of nitrogens with zero attached hydrogens (tertiary/aromatic N) is 8. The van der Waals surface area contributed by atoms with Crippen LogP contribution in [-0.4, -0.2) is 134 Å². The van der Waals surface area contributed by atoms with E-state index in [2.05, 4.69) is 40.5 Å². The molecule has 2 heterocycles. The van der Waals surface area contributed by atoms with Crippen molar-refractivity contribution in [1.82, 2.24) is 29.9 Å². The first-order chi connectivity index (χ1) is 37.2. The summed E-state index contributed by atoms with van der Waals surface area (Å²) >= 11 is 0. The second kappa shape index (κ2) is 25.0. The van der Waals surface area contributed by atoms with Crippen LogP contribution >= 0.6 is 0 Å². The lowest BCUT2D eigenvalue weighted by molar-refractivity contribution is 0.457. The topological polar surface area (TPSA) is 451 Å². The number of anilines is 6. The van der Waals surface area contributed by atoms with Gasteiger partial charge in [0, 0.05) is 44.7 Å². The van der Waals surface area contributed by atoms with Gasteiger partial charge in [-0.1, -0.05) is 58.0 Å². The Morgan fingerprint density at radius 2 is 0.850 bits per heavy atom. The number of aromatic nitrogens is 6. The summed E-state index contributed by atoms with van der Waals surface area (Å²) in [6, 6.07) is 10.7. The molecule has 0 fully saturated rings. The Kier molecular flexibility index (Phi) is 19.5. The summed E-state index contributed by atoms with van der Waals surface area (Å²) in [4.78, 5) is 24.4. The highest BCUT2D eigenvalue weighted by molar-refractivity contribution is 7.87. The van der Waals surface area contributed by atoms with E-state index in [-0.39, 0.29) is 58.3 Å². The summed E-state index contributed by atoms with van der Waals surface area (Å²) in [5, 5.41) is 5.24. The van der Waals surface area contributed by atoms with Gasteiger partial charge < -0.3 is 47.7 Å². The third-order valence-corrected chi connectivity index (χ3v) is 16.5. The van der Waals surface area contributed by atoms with E-state index >= 15 is 0 Å². The van der Waals surface area contributed by atoms with Crippen molar-refractivity contribution < 1.29 is 77.8 Å². The maximum atomic E-state index is 12.8. The summed E-state index contributed by atoms with van der Waals surface area (Å²) in [6.45, 7) is 8.97. The van der Waals surface area contributed by atoms with Gasteiger partial charge >= 0.3 is 0 Å². The fourth-order valence-corrected chi connectivity index (χ4v) is 11.7. The van der Waals surface area contributed by atoms with Crippen molar-refractivity contribution in [1.29, 1.82) is 0 Å². The van der Waals surface area contributed by atoms with Gasteiger partial charge in [0.05, 0.1) is 35.1 Å². The predicted molar refractivity (Wildman–Crippen MR) is 280 cm³/mol. The predicted octanol–water partition coefficient (Wildman–Crippen LogP) is 3.57. The lowest BCUT2D eigenvalue weighted by Crippen LogP contribution is -2.28. The van der Waals surface area contributed by atoms with Gasteiger partial charge in [0.15, 0.2) is 0 Å². The normalized spacial score (nSPS) is 12.7. The second-order valence-electron chi connectivity index (χ2n) is 17.4. The SMILES string of the molecule is CCCN(CCC)c1nc(Cc2cc(S(=O)(=O)[O-])ccc2S(=O)(=O)[O-])nc(Nc2ccc(/C=C/c3ccc(Cc4nc(Nc5cc(S(=O)(=O)[O-])ccc5S(=O)(=O)[O-])nc(N(CCC)CCC)n4)cc3S(=O)(=O)[O-])c(S(=O)(=O)[O-])c2)n1. The summed E-state index contributed by atoms with van der Waals surface area (Å²) in [6.07, 6.45) is 3.45. The molecule has 0 aliphatic heterocycles. The maximum Gasteiger partial charge on any atom is 0.232 e. The van der Waals surface area contributed by atoms with E-state index in [0.29, 0.717) is 88.3 Å². The smallest absolute Gasteiger partial charge is 0.232 e. The third-order valence-electron chi connectivity index (χ3n) is 11.3. The molecule has 4 aromatic carbocycles. The van der Waals surface area contributed by atoms with Crippen LogP contribution in [0.3, 0.4) is 0 Å². The molecular weight excluding hydrogens is 1170 g/mol. The van der Waals surface area contributed by atoms with Crippen LogP contribution in [0.4, 0.5) is 35.2 Å². The zero-order valence-electron chi connectivity index (χ0n) is 42.5. The second-order valence-corrected chi connectivity index (χ2v) is 25.6. The van der Waals surface area contributed by atoms with Gasteiger partial charge in [0.1, 0.15) is 72.4 Å². The minimum atomic E-state index is -5.37. The molecule has 6 aromatic rings. The fourth-order valence-electron chi connectivity index (χ4n) is 7.94. The molecule has 0 saturated carbocycles. The van der Waals surface area contributed by atoms with Gasteiger partial charge in [0.25, 0.3) is 0 Å². The highest BCUT2D eigenvalue weighted by atomic mass is 32.2. The van der Waals surface area contributed by atoms with E-state index in [1.165, 1.54) is 18.2 Å². The quantitative estimate of drug-likeness (QED) is 0.0579. The van der Waals surface area contributed by atoms with Crippen LogP contribution in [0.2, 0.25) is 0 Å². The van der Waals surface area contributed by atoms with Gasteiger partial charge in [0.2, 0.25) is 23.8 Å². The molecule has 0 spiro atoms. The zero-order chi connectivity index (χ0) is 59.2. The van der Waals surface area contributed by atoms with Gasteiger partial charge in [-0.25, -0.2) is 50.5 Å². The summed E-state index contributed by atoms with van der Waals surface area (Å²) in [5.74, 6) is -1.10. The molecule has 6 rings (SSSR count). The number of nitrogens with one attached hydrogen (secondary N) is 2. The van der Waals surface area contributed by atoms with Crippen LogP contribution in [0.5, 0.6) is 0 Å². The maximum absolute atomic E-state index is 12.8. The third kappa shape index (κ3) is 16.5. The van der Waals surface area contributed by atoms with Crippen molar-refractivity contribution in [2.24, 2.45) is 0 Å². The van der Waals surface area contributed by atoms with Crippen LogP contribution in [0.15, 0.2) is 102 Å². The van der Waals surface area contributed by atoms with Gasteiger partial charge in [-0.15, -0.1) is 0 Å². The van der Waals surface area contributed by atoms with Crippen LogP contribution in [-0.2, 0) is 73.6 Å². The molecule has 80 heavy (non-hydrogen) atoms. The Hall–Kier alpha value is -6.70. The molecule has 2 N–H and O–H groups in total. The average Bonchev–Trinajstić information content (AvgIpc) is 3.34. The van der Waals surface area contributed by atoms with Crippen molar-refractivity contribution in [2.45, 2.75) is 95.6 Å². The first-order valence-electron chi connectivity index (χ1n) is 23.7. The van der Waals surface area contributed by atoms with E-state index in [4.69, 9.17) is 0 Å². The van der Waals surface area contributed by atoms with E-state index in [1.807, 2.05) is 27.7 Å². The molecule has 0 amide bonds. The van der Waals surface area contributed by atoms with Crippen LogP contribution in [0.1, 0.15) is 87.3 Å². The first-order valence-corrected chi connectivity index (χ1v) is 32.2. The monoisotopic (exact) mass is 1220 g/mol. The van der Waals surface area contributed by atoms with E-state index < -0.39 is 114 Å². The highest BCUT2D eigenvalue weighted by Gasteiger charge is 2.22. The molecule has 0 unspecified atom stereocenters. The van der Waals surface area contributed by atoms with Crippen molar-refractivity contribution in [2.75, 3.05) is 46.6 Å². The standard InChI is InChI=1S/C46H54N10O18S6/c1-5-19-55(20-6-2)45-51-41(49-44(54-45)48-36-28-35(76(60,61)62)16-18-38(36)78(66,67)68)24-29-9-10-30(39(23-29)79(69,70)71)11-12-31-13-14-33(27-40(31)80(72,73)74)47-43-50-42(52-46(53-43)56(21-7-3)22-8-4)26-32-25-34(75(57,58)59)15-17-37(32)77(63,64)65/h9-18,23,25,27-28H,5-8,19-22,24,26H2,1-4H3,(H,57,58,59)(H,60,61,62)(H,63,64,65)(H,66,67,68)(H,69,70,71)(H,72,73,74)(H,47,50,52,53)(H,48,49,51,54)/p-6/b12-11+. The average molecular weight is 1220 g/mol. The Morgan fingerprint density at radius 1 is 0.425 bits per heavy atom. The Balaban J connectivity index is 1.38. The van der Waals surface area contributed by atoms with Gasteiger partial charge in [-0.3, -0.25) is 0 Å². The molecule has 0 bridgehead atoms. The summed E-state index contributed by atoms with van der Waals surface area (Å²) in [5.41, 5.74) is -1.73. The van der Waals surface area contributed by atoms with Crippen molar-refractivity contribution in [3.8, 4) is 0 Å². The molecule has 432 valence electrons. The lowest BCUT2D eigenvalue weighted by Gasteiger charge is -2.23. The van der Waals surface area contributed by atoms with E-state index in [9.17, 15) is 77.8 Å². The number of rotatable bonds is 26. The van der Waals surface area contributed by atoms with Crippen LogP contribution in [0, 0.1) is 0 Å². The lowest BCUT2D eigenvalue weighted by atomic mass is 10.1. The fraction of sp³-hybridized carbons (Fsp3) is 0.304. The minimum Gasteiger partial charge on any atom is -0.744 e. The zero-order valence-corrected chi connectivity index (χ0v) is 47.4. The largest absolute Gasteiger partial charge is 0.744 e. The van der Waals surface area contributed by atoms with Gasteiger partial charge in [-0.05, 0) is 103 Å². The molecule has 0 aliphatic rings. The van der Waals surface area contributed by atoms with Gasteiger partial charge in [-0.2, -0.15) is 29.9 Å². The molecule has 28 nitrogen and oxygen atoms in total. The Labute approximate surface area is 462 Å². The van der Waals surface area contributed by atoms with Crippen molar-refractivity contribution in [3.05, 3.63) is 107 Å². The molecule has 0 atom stereocenters. The van der Waals surface area contributed by atoms with Crippen molar-refractivity contribution in [3.63, 3.8) is 0 Å². The highest BCUT2D eigenvalue weighted by Crippen LogP contribution is 2.31. The van der Waals surface area contributed by atoms with Crippen LogP contribution < -0.4 is 20.4 Å². The first kappa shape index (κ1) is 62.5. The van der Waals surface area contributed by atoms with Crippen LogP contribution in [0.25, 0.3) is 12.2 Å². The summed E-state index contributed by atoms with van der Waals surface area (Å²) < 4.78 is 221. The number of benzene rings is 4. The molecule has 0 aliphatic carbocycles. The Bertz CT molecular complexity index is 3790. The molecule has 0 radical (unpaired) electrons. The molecular formula is C46H48N10O18S6-6. The molecule has 34 heteroatoms. The molecule has 2 aromatic heterocycles. The van der Waals surface area contributed by atoms with E-state index in [1.54, 1.807) is 9.80 Å². The summed E-state index contributed by atoms with van der Waals surface area (Å²) in [7, 11) is -31.5. The number of hydrogen-bond acceptors (Lipinski definition) is 28. The van der Waals surface area contributed by atoms with E-state index in [0.717, 1.165) is 30.4 Å². The number of hydrogen-bond donors (Lipinski definition) is 2. The molecule has 0 saturated heterocycles.